The molecule has 2 atom stereocenters. The van der Waals surface area contributed by atoms with Crippen LogP contribution in [0.1, 0.15) is 67.3 Å². The number of hydrogen-bond donors (Lipinski definition) is 3. The first-order valence-electron chi connectivity index (χ1n) is 14.0. The second kappa shape index (κ2) is 11.4. The molecule has 3 N–H and O–H groups in total. The number of ether oxygens (including phenoxy) is 1. The Kier molecular flexibility index (Phi) is 7.96. The summed E-state index contributed by atoms with van der Waals surface area (Å²) in [5.74, 6) is 0.921. The van der Waals surface area contributed by atoms with Crippen LogP contribution in [0, 0.1) is 0 Å². The van der Waals surface area contributed by atoms with Crippen molar-refractivity contribution in [2.45, 2.75) is 58.2 Å². The standard InChI is InChI=1S/C31H40N6O3/c1-20(38)28-27-26(34-35-29(27)33-30(39)21-6-8-22(9-7-21)31(2,3)4)19-37(28)24-10-12-25(13-11-24)40-17-14-23-18-36(5)16-15-32-23/h6-13,23,28,32H,14-19H2,1-5H3,(H2,33,34,35,39). The smallest absolute Gasteiger partial charge is 0.256 e. The molecule has 212 valence electrons. The maximum atomic E-state index is 13.1. The number of nitrogens with one attached hydrogen (secondary N) is 3. The first kappa shape index (κ1) is 27.9. The van der Waals surface area contributed by atoms with Gasteiger partial charge < -0.3 is 25.2 Å². The zero-order valence-electron chi connectivity index (χ0n) is 24.1. The molecule has 3 aromatic rings. The average Bonchev–Trinajstić information content (AvgIpc) is 3.48. The van der Waals surface area contributed by atoms with Crippen LogP contribution in [0.25, 0.3) is 0 Å². The molecule has 2 unspecified atom stereocenters. The summed E-state index contributed by atoms with van der Waals surface area (Å²) in [6, 6.07) is 15.3. The lowest BCUT2D eigenvalue weighted by Crippen LogP contribution is -2.49. The average molecular weight is 545 g/mol. The number of rotatable bonds is 8. The van der Waals surface area contributed by atoms with Gasteiger partial charge in [-0.3, -0.25) is 14.7 Å². The number of benzene rings is 2. The van der Waals surface area contributed by atoms with Crippen molar-refractivity contribution in [1.29, 1.82) is 0 Å². The molecule has 2 aliphatic rings. The van der Waals surface area contributed by atoms with Gasteiger partial charge in [0.1, 0.15) is 11.8 Å². The van der Waals surface area contributed by atoms with Crippen LogP contribution in [0.5, 0.6) is 5.75 Å². The van der Waals surface area contributed by atoms with Crippen LogP contribution >= 0.6 is 0 Å². The summed E-state index contributed by atoms with van der Waals surface area (Å²) in [4.78, 5) is 30.3. The molecule has 1 aromatic heterocycles. The lowest BCUT2D eigenvalue weighted by atomic mass is 9.87. The van der Waals surface area contributed by atoms with E-state index in [9.17, 15) is 9.59 Å². The Morgan fingerprint density at radius 2 is 1.82 bits per heavy atom. The lowest BCUT2D eigenvalue weighted by Gasteiger charge is -2.30. The van der Waals surface area contributed by atoms with Gasteiger partial charge in [-0.05, 0) is 67.8 Å². The van der Waals surface area contributed by atoms with Gasteiger partial charge in [-0.1, -0.05) is 32.9 Å². The monoisotopic (exact) mass is 544 g/mol. The Labute approximate surface area is 236 Å². The number of fused-ring (bicyclic) bond motifs is 1. The molecule has 2 aromatic carbocycles. The highest BCUT2D eigenvalue weighted by molar-refractivity contribution is 6.05. The fourth-order valence-electron chi connectivity index (χ4n) is 5.52. The Morgan fingerprint density at radius 3 is 2.48 bits per heavy atom. The maximum absolute atomic E-state index is 13.1. The van der Waals surface area contributed by atoms with Crippen LogP contribution in [0.4, 0.5) is 11.5 Å². The predicted octanol–water partition coefficient (Wildman–Crippen LogP) is 4.28. The second-order valence-electron chi connectivity index (χ2n) is 11.9. The van der Waals surface area contributed by atoms with Gasteiger partial charge in [-0.2, -0.15) is 5.10 Å². The number of Topliss-reactive ketones (excluding diaryl/α,β-unsaturated/α-hetero) is 1. The fraction of sp³-hybridized carbons (Fsp3) is 0.452. The predicted molar refractivity (Wildman–Crippen MR) is 157 cm³/mol. The minimum atomic E-state index is -0.548. The van der Waals surface area contributed by atoms with Crippen molar-refractivity contribution in [1.82, 2.24) is 20.4 Å². The van der Waals surface area contributed by atoms with Crippen molar-refractivity contribution >= 4 is 23.2 Å². The van der Waals surface area contributed by atoms with E-state index in [0.29, 0.717) is 30.6 Å². The molecule has 1 amide bonds. The largest absolute Gasteiger partial charge is 0.494 e. The molecule has 0 spiro atoms. The Hall–Kier alpha value is -3.69. The zero-order chi connectivity index (χ0) is 28.4. The highest BCUT2D eigenvalue weighted by atomic mass is 16.5. The number of hydrogen-bond acceptors (Lipinski definition) is 7. The van der Waals surface area contributed by atoms with Crippen molar-refractivity contribution in [2.24, 2.45) is 0 Å². The molecule has 3 heterocycles. The van der Waals surface area contributed by atoms with E-state index >= 15 is 0 Å². The van der Waals surface area contributed by atoms with Gasteiger partial charge in [0.2, 0.25) is 0 Å². The molecule has 0 radical (unpaired) electrons. The molecule has 0 saturated carbocycles. The normalized spacial score (nSPS) is 19.4. The van der Waals surface area contributed by atoms with Gasteiger partial charge in [0.25, 0.3) is 5.91 Å². The van der Waals surface area contributed by atoms with Crippen molar-refractivity contribution in [3.05, 3.63) is 70.9 Å². The summed E-state index contributed by atoms with van der Waals surface area (Å²) in [5.41, 5.74) is 4.15. The number of aromatic nitrogens is 2. The van der Waals surface area contributed by atoms with E-state index in [2.05, 4.69) is 53.5 Å². The number of H-pyrrole nitrogens is 1. The molecule has 9 nitrogen and oxygen atoms in total. The fourth-order valence-corrected chi connectivity index (χ4v) is 5.52. The maximum Gasteiger partial charge on any atom is 0.256 e. The quantitative estimate of drug-likeness (QED) is 0.389. The molecular weight excluding hydrogens is 504 g/mol. The second-order valence-corrected chi connectivity index (χ2v) is 11.9. The van der Waals surface area contributed by atoms with Crippen LogP contribution < -0.4 is 20.3 Å². The summed E-state index contributed by atoms with van der Waals surface area (Å²) in [7, 11) is 2.15. The zero-order valence-corrected chi connectivity index (χ0v) is 24.1. The SMILES string of the molecule is CC(=O)C1c2c(NC(=O)c3ccc(C(C)(C)C)cc3)n[nH]c2CN1c1ccc(OCCC2CN(C)CCN2)cc1. The van der Waals surface area contributed by atoms with Crippen LogP contribution in [0.15, 0.2) is 48.5 Å². The molecule has 0 bridgehead atoms. The lowest BCUT2D eigenvalue weighted by molar-refractivity contribution is -0.118. The third-order valence-corrected chi connectivity index (χ3v) is 7.79. The summed E-state index contributed by atoms with van der Waals surface area (Å²) in [5, 5.41) is 13.9. The number of carbonyl (C=O) groups excluding carboxylic acids is 2. The molecule has 40 heavy (non-hydrogen) atoms. The van der Waals surface area contributed by atoms with E-state index in [1.165, 1.54) is 0 Å². The Balaban J connectivity index is 1.25. The summed E-state index contributed by atoms with van der Waals surface area (Å²) < 4.78 is 6.01. The van der Waals surface area contributed by atoms with E-state index in [0.717, 1.165) is 54.3 Å². The van der Waals surface area contributed by atoms with E-state index in [4.69, 9.17) is 4.74 Å². The minimum Gasteiger partial charge on any atom is -0.494 e. The van der Waals surface area contributed by atoms with Gasteiger partial charge in [-0.15, -0.1) is 0 Å². The molecular formula is C31H40N6O3. The van der Waals surface area contributed by atoms with E-state index in [-0.39, 0.29) is 17.1 Å². The van der Waals surface area contributed by atoms with Gasteiger partial charge in [0.15, 0.2) is 11.6 Å². The van der Waals surface area contributed by atoms with Crippen molar-refractivity contribution in [3.63, 3.8) is 0 Å². The van der Waals surface area contributed by atoms with Gasteiger partial charge in [-0.25, -0.2) is 0 Å². The Bertz CT molecular complexity index is 1340. The molecule has 9 heteroatoms. The van der Waals surface area contributed by atoms with Crippen LogP contribution in [-0.4, -0.2) is 66.1 Å². The number of aromatic amines is 1. The third-order valence-electron chi connectivity index (χ3n) is 7.79. The summed E-state index contributed by atoms with van der Waals surface area (Å²) >= 11 is 0. The van der Waals surface area contributed by atoms with Crippen LogP contribution in [-0.2, 0) is 16.8 Å². The van der Waals surface area contributed by atoms with Gasteiger partial charge in [0.05, 0.1) is 18.8 Å². The van der Waals surface area contributed by atoms with Crippen molar-refractivity contribution < 1.29 is 14.3 Å². The van der Waals surface area contributed by atoms with Crippen LogP contribution in [0.2, 0.25) is 0 Å². The molecule has 2 aliphatic heterocycles. The first-order chi connectivity index (χ1) is 19.1. The molecule has 1 fully saturated rings. The number of likely N-dealkylation sites (N-methyl/N-ethyl adjacent to an activating group) is 1. The highest BCUT2D eigenvalue weighted by Crippen LogP contribution is 2.41. The first-order valence-corrected chi connectivity index (χ1v) is 14.0. The Morgan fingerprint density at radius 1 is 1.10 bits per heavy atom. The van der Waals surface area contributed by atoms with Gasteiger partial charge >= 0.3 is 0 Å². The number of nitrogens with zero attached hydrogens (tertiary/aromatic N) is 3. The minimum absolute atomic E-state index is 0.00420. The van der Waals surface area contributed by atoms with Gasteiger partial charge in [0, 0.05) is 42.5 Å². The van der Waals surface area contributed by atoms with E-state index in [1.54, 1.807) is 6.92 Å². The topological polar surface area (TPSA) is 103 Å². The number of anilines is 2. The number of piperazine rings is 1. The summed E-state index contributed by atoms with van der Waals surface area (Å²) in [6.45, 7) is 12.2. The van der Waals surface area contributed by atoms with E-state index < -0.39 is 6.04 Å². The van der Waals surface area contributed by atoms with Crippen molar-refractivity contribution in [3.8, 4) is 5.75 Å². The number of ketones is 1. The van der Waals surface area contributed by atoms with E-state index in [1.807, 2.05) is 53.4 Å². The third kappa shape index (κ3) is 6.05. The highest BCUT2D eigenvalue weighted by Gasteiger charge is 2.38. The molecule has 1 saturated heterocycles. The number of carbonyl (C=O) groups is 2. The van der Waals surface area contributed by atoms with Crippen molar-refractivity contribution in [2.75, 3.05) is 43.5 Å². The molecule has 5 rings (SSSR count). The number of amides is 1. The molecule has 0 aliphatic carbocycles. The van der Waals surface area contributed by atoms with Crippen LogP contribution in [0.3, 0.4) is 0 Å². The summed E-state index contributed by atoms with van der Waals surface area (Å²) in [6.07, 6.45) is 0.946.